The Bertz CT molecular complexity index is 1120. The molecule has 2 aromatic carbocycles. The van der Waals surface area contributed by atoms with E-state index >= 15 is 0 Å². The summed E-state index contributed by atoms with van der Waals surface area (Å²) in [5.74, 6) is 0.280. The van der Waals surface area contributed by atoms with Gasteiger partial charge in [0.1, 0.15) is 6.54 Å². The second-order valence-electron chi connectivity index (χ2n) is 6.77. The minimum atomic E-state index is -3.26. The van der Waals surface area contributed by atoms with E-state index in [-0.39, 0.29) is 17.3 Å². The second kappa shape index (κ2) is 7.16. The van der Waals surface area contributed by atoms with Crippen LogP contribution in [0.2, 0.25) is 0 Å². The number of carbonyl (C=O) groups is 1. The van der Waals surface area contributed by atoms with Crippen molar-refractivity contribution >= 4 is 15.7 Å². The van der Waals surface area contributed by atoms with Crippen LogP contribution < -0.4 is 0 Å². The fourth-order valence-electron chi connectivity index (χ4n) is 3.21. The molecule has 8 nitrogen and oxygen atoms in total. The maximum Gasteiger partial charge on any atom is 0.246 e. The summed E-state index contributed by atoms with van der Waals surface area (Å²) >= 11 is 0. The summed E-state index contributed by atoms with van der Waals surface area (Å²) in [7, 11) is -3.26. The molecule has 1 aliphatic heterocycles. The second-order valence-corrected chi connectivity index (χ2v) is 8.79. The van der Waals surface area contributed by atoms with Gasteiger partial charge in [0.05, 0.1) is 4.90 Å². The zero-order valence-corrected chi connectivity index (χ0v) is 16.1. The number of rotatable bonds is 4. The van der Waals surface area contributed by atoms with Crippen molar-refractivity contribution in [2.45, 2.75) is 24.4 Å². The number of amides is 1. The van der Waals surface area contributed by atoms with Crippen molar-refractivity contribution < 1.29 is 13.2 Å². The normalized spacial score (nSPS) is 14.0. The Morgan fingerprint density at radius 3 is 2.50 bits per heavy atom. The topological polar surface area (TPSA) is 98.0 Å². The van der Waals surface area contributed by atoms with E-state index in [1.54, 1.807) is 17.0 Å². The van der Waals surface area contributed by atoms with E-state index in [2.05, 4.69) is 21.5 Å². The number of hydrogen-bond donors (Lipinski definition) is 0. The van der Waals surface area contributed by atoms with E-state index in [0.717, 1.165) is 12.7 Å². The number of carbonyl (C=O) groups excluding carboxylic acids is 1. The summed E-state index contributed by atoms with van der Waals surface area (Å²) in [6.07, 6.45) is 1.99. The molecule has 4 rings (SSSR count). The predicted molar refractivity (Wildman–Crippen MR) is 102 cm³/mol. The van der Waals surface area contributed by atoms with Crippen LogP contribution in [0.5, 0.6) is 0 Å². The molecule has 0 saturated carbocycles. The quantitative estimate of drug-likeness (QED) is 0.659. The highest BCUT2D eigenvalue weighted by molar-refractivity contribution is 7.90. The Kier molecular flexibility index (Phi) is 4.68. The Balaban J connectivity index is 1.44. The van der Waals surface area contributed by atoms with Gasteiger partial charge in [-0.3, -0.25) is 4.79 Å². The molecule has 0 radical (unpaired) electrons. The minimum Gasteiger partial charge on any atom is -0.336 e. The molecule has 3 aromatic rings. The first-order valence-corrected chi connectivity index (χ1v) is 10.7. The molecule has 2 heterocycles. The average Bonchev–Trinajstić information content (AvgIpc) is 3.15. The van der Waals surface area contributed by atoms with Gasteiger partial charge in [-0.1, -0.05) is 24.3 Å². The summed E-state index contributed by atoms with van der Waals surface area (Å²) in [6, 6.07) is 14.4. The van der Waals surface area contributed by atoms with Crippen molar-refractivity contribution in [3.63, 3.8) is 0 Å². The summed E-state index contributed by atoms with van der Waals surface area (Å²) in [6.45, 7) is 1.27. The number of benzene rings is 2. The summed E-state index contributed by atoms with van der Waals surface area (Å²) in [4.78, 5) is 15.9. The zero-order chi connectivity index (χ0) is 19.7. The number of tetrazole rings is 1. The van der Waals surface area contributed by atoms with Crippen LogP contribution in [0.3, 0.4) is 0 Å². The summed E-state index contributed by atoms with van der Waals surface area (Å²) < 4.78 is 23.1. The van der Waals surface area contributed by atoms with Crippen LogP contribution in [0, 0.1) is 0 Å². The third kappa shape index (κ3) is 3.79. The SMILES string of the molecule is CS(=O)(=O)c1ccc(-c2nnn(CC(=O)N3CCc4ccccc4C3)n2)cc1. The first kappa shape index (κ1) is 18.3. The van der Waals surface area contributed by atoms with E-state index < -0.39 is 9.84 Å². The zero-order valence-electron chi connectivity index (χ0n) is 15.3. The minimum absolute atomic E-state index is 0.0105. The maximum absolute atomic E-state index is 12.6. The lowest BCUT2D eigenvalue weighted by molar-refractivity contribution is -0.133. The van der Waals surface area contributed by atoms with E-state index in [9.17, 15) is 13.2 Å². The first-order valence-electron chi connectivity index (χ1n) is 8.83. The Morgan fingerprint density at radius 1 is 1.07 bits per heavy atom. The molecule has 1 amide bonds. The molecule has 1 aliphatic rings. The lowest BCUT2D eigenvalue weighted by Crippen LogP contribution is -2.38. The lowest BCUT2D eigenvalue weighted by Gasteiger charge is -2.28. The molecule has 1 aromatic heterocycles. The molecule has 28 heavy (non-hydrogen) atoms. The van der Waals surface area contributed by atoms with Gasteiger partial charge < -0.3 is 4.90 Å². The largest absolute Gasteiger partial charge is 0.336 e. The van der Waals surface area contributed by atoms with Gasteiger partial charge in [0.15, 0.2) is 9.84 Å². The van der Waals surface area contributed by atoms with Crippen molar-refractivity contribution in [2.24, 2.45) is 0 Å². The third-order valence-electron chi connectivity index (χ3n) is 4.75. The van der Waals surface area contributed by atoms with Crippen LogP contribution in [0.25, 0.3) is 11.4 Å². The number of hydrogen-bond acceptors (Lipinski definition) is 6. The molecule has 0 N–H and O–H groups in total. The highest BCUT2D eigenvalue weighted by Gasteiger charge is 2.21. The first-order chi connectivity index (χ1) is 13.4. The van der Waals surface area contributed by atoms with Gasteiger partial charge in [0, 0.05) is 24.9 Å². The third-order valence-corrected chi connectivity index (χ3v) is 5.88. The monoisotopic (exact) mass is 397 g/mol. The fraction of sp³-hybridized carbons (Fsp3) is 0.263. The van der Waals surface area contributed by atoms with Crippen LogP contribution >= 0.6 is 0 Å². The highest BCUT2D eigenvalue weighted by Crippen LogP contribution is 2.19. The molecule has 0 aliphatic carbocycles. The predicted octanol–water partition coefficient (Wildman–Crippen LogP) is 1.33. The molecule has 0 spiro atoms. The molecule has 0 saturated heterocycles. The average molecular weight is 397 g/mol. The standard InChI is InChI=1S/C19H19N5O3S/c1-28(26,27)17-8-6-15(7-9-17)19-20-22-24(21-19)13-18(25)23-11-10-14-4-2-3-5-16(14)12-23/h2-9H,10-13H2,1H3. The summed E-state index contributed by atoms with van der Waals surface area (Å²) in [5.41, 5.74) is 3.09. The number of sulfone groups is 1. The van der Waals surface area contributed by atoms with Gasteiger partial charge >= 0.3 is 0 Å². The van der Waals surface area contributed by atoms with E-state index in [4.69, 9.17) is 0 Å². The molecule has 9 heteroatoms. The Labute approximate surface area is 162 Å². The number of fused-ring (bicyclic) bond motifs is 1. The van der Waals surface area contributed by atoms with Crippen molar-refractivity contribution in [1.29, 1.82) is 0 Å². The number of nitrogens with zero attached hydrogens (tertiary/aromatic N) is 5. The fourth-order valence-corrected chi connectivity index (χ4v) is 3.84. The van der Waals surface area contributed by atoms with Crippen molar-refractivity contribution in [2.75, 3.05) is 12.8 Å². The molecular formula is C19H19N5O3S. The van der Waals surface area contributed by atoms with Crippen LogP contribution in [0.15, 0.2) is 53.4 Å². The molecule has 0 unspecified atom stereocenters. The van der Waals surface area contributed by atoms with Crippen molar-refractivity contribution in [3.8, 4) is 11.4 Å². The van der Waals surface area contributed by atoms with Crippen molar-refractivity contribution in [3.05, 3.63) is 59.7 Å². The van der Waals surface area contributed by atoms with Gasteiger partial charge in [-0.15, -0.1) is 10.2 Å². The van der Waals surface area contributed by atoms with Crippen LogP contribution in [-0.4, -0.2) is 52.2 Å². The maximum atomic E-state index is 12.6. The van der Waals surface area contributed by atoms with E-state index in [1.165, 1.54) is 28.1 Å². The number of aromatic nitrogens is 4. The van der Waals surface area contributed by atoms with Crippen LogP contribution in [0.1, 0.15) is 11.1 Å². The molecule has 144 valence electrons. The van der Waals surface area contributed by atoms with Crippen LogP contribution in [0.4, 0.5) is 0 Å². The lowest BCUT2D eigenvalue weighted by atomic mass is 10.00. The molecule has 0 bridgehead atoms. The molecular weight excluding hydrogens is 378 g/mol. The van der Waals surface area contributed by atoms with E-state index in [1.807, 2.05) is 18.2 Å². The van der Waals surface area contributed by atoms with E-state index in [0.29, 0.717) is 24.5 Å². The van der Waals surface area contributed by atoms with Gasteiger partial charge in [-0.25, -0.2) is 8.42 Å². The van der Waals surface area contributed by atoms with Gasteiger partial charge in [-0.05, 0) is 47.0 Å². The molecule has 0 fully saturated rings. The Hall–Kier alpha value is -3.07. The highest BCUT2D eigenvalue weighted by atomic mass is 32.2. The van der Waals surface area contributed by atoms with Gasteiger partial charge in [0.25, 0.3) is 0 Å². The van der Waals surface area contributed by atoms with Crippen LogP contribution in [-0.2, 0) is 34.1 Å². The van der Waals surface area contributed by atoms with Crippen molar-refractivity contribution in [1.82, 2.24) is 25.1 Å². The molecule has 0 atom stereocenters. The smallest absolute Gasteiger partial charge is 0.246 e. The summed E-state index contributed by atoms with van der Waals surface area (Å²) in [5, 5.41) is 12.2. The Morgan fingerprint density at radius 2 is 1.79 bits per heavy atom. The van der Waals surface area contributed by atoms with Gasteiger partial charge in [-0.2, -0.15) is 4.80 Å². The van der Waals surface area contributed by atoms with Gasteiger partial charge in [0.2, 0.25) is 11.7 Å².